The second kappa shape index (κ2) is 5.70. The van der Waals surface area contributed by atoms with Gasteiger partial charge in [0.15, 0.2) is 0 Å². The van der Waals surface area contributed by atoms with E-state index in [2.05, 4.69) is 89.0 Å². The van der Waals surface area contributed by atoms with Gasteiger partial charge in [-0.05, 0) is 16.6 Å². The highest BCUT2D eigenvalue weighted by atomic mass is 79.9. The van der Waals surface area contributed by atoms with Gasteiger partial charge in [-0.2, -0.15) is 0 Å². The van der Waals surface area contributed by atoms with Crippen LogP contribution in [0.1, 0.15) is 48.5 Å². The Morgan fingerprint density at radius 1 is 0.944 bits per heavy atom. The molecular weight excluding hydrogens is 318 g/mol. The van der Waals surface area contributed by atoms with Crippen LogP contribution in [0.4, 0.5) is 0 Å². The molecule has 0 radical (unpaired) electrons. The minimum atomic E-state index is -1.51. The molecule has 0 fully saturated rings. The molecule has 1 unspecified atom stereocenters. The van der Waals surface area contributed by atoms with Crippen molar-refractivity contribution in [2.24, 2.45) is 0 Å². The molecule has 4 heteroatoms. The van der Waals surface area contributed by atoms with Gasteiger partial charge in [0, 0.05) is 4.07 Å². The Hall–Kier alpha value is 0.874. The van der Waals surface area contributed by atoms with Gasteiger partial charge in [0.2, 0.25) is 0 Å². The molecule has 0 bridgehead atoms. The summed E-state index contributed by atoms with van der Waals surface area (Å²) in [4.78, 5) is 3.80. The average molecular weight is 353 g/mol. The third-order valence-electron chi connectivity index (χ3n) is 4.89. The summed E-state index contributed by atoms with van der Waals surface area (Å²) in [5.74, 6) is 0. The molecule has 0 saturated heterocycles. The van der Waals surface area contributed by atoms with E-state index in [0.29, 0.717) is 14.2 Å². The second-order valence-electron chi connectivity index (χ2n) is 8.32. The summed E-state index contributed by atoms with van der Waals surface area (Å²) in [5, 5.41) is 0.804. The van der Waals surface area contributed by atoms with Crippen LogP contribution in [-0.2, 0) is 0 Å². The Kier molecular flexibility index (Phi) is 5.98. The van der Waals surface area contributed by atoms with Gasteiger partial charge in [-0.15, -0.1) is 0 Å². The monoisotopic (exact) mass is 351 g/mol. The van der Waals surface area contributed by atoms with Gasteiger partial charge < -0.3 is 4.98 Å². The van der Waals surface area contributed by atoms with E-state index < -0.39 is 16.3 Å². The van der Waals surface area contributed by atoms with E-state index >= 15 is 0 Å². The highest BCUT2D eigenvalue weighted by Crippen LogP contribution is 2.55. The molecule has 0 aliphatic rings. The van der Waals surface area contributed by atoms with Crippen molar-refractivity contribution >= 4 is 32.2 Å². The van der Waals surface area contributed by atoms with Crippen molar-refractivity contribution in [1.82, 2.24) is 4.98 Å². The Bertz CT molecular complexity index is 262. The van der Waals surface area contributed by atoms with Crippen LogP contribution < -0.4 is 4.98 Å². The standard InChI is InChI=1S/C14H34BrNSi2/c1-11-16-17(8,9)12(15)18(10,13(2,3)4)14(5,6)7/h12,16H,11H2,1-10H3. The summed E-state index contributed by atoms with van der Waals surface area (Å²) in [6, 6.07) is 0. The van der Waals surface area contributed by atoms with E-state index in [1.54, 1.807) is 0 Å². The van der Waals surface area contributed by atoms with E-state index in [-0.39, 0.29) is 0 Å². The lowest BCUT2D eigenvalue weighted by atomic mass is 10.2. The largest absolute Gasteiger partial charge is 0.337 e. The maximum Gasteiger partial charge on any atom is 0.130 e. The second-order valence-corrected chi connectivity index (χ2v) is 21.9. The molecule has 0 aromatic rings. The third-order valence-corrected chi connectivity index (χ3v) is 24.7. The van der Waals surface area contributed by atoms with E-state index in [1.165, 1.54) is 0 Å². The van der Waals surface area contributed by atoms with Gasteiger partial charge in [0.05, 0.1) is 8.07 Å². The van der Waals surface area contributed by atoms with Crippen molar-refractivity contribution < 1.29 is 0 Å². The molecule has 0 spiro atoms. The lowest BCUT2D eigenvalue weighted by molar-refractivity contribution is 0.615. The molecule has 0 amide bonds. The highest BCUT2D eigenvalue weighted by molar-refractivity contribution is 9.10. The molecule has 0 rings (SSSR count). The first-order chi connectivity index (χ1) is 7.72. The maximum atomic E-state index is 4.16. The molecule has 1 nitrogen and oxygen atoms in total. The van der Waals surface area contributed by atoms with Gasteiger partial charge >= 0.3 is 0 Å². The molecule has 0 heterocycles. The van der Waals surface area contributed by atoms with Crippen LogP contribution in [0.3, 0.4) is 0 Å². The Labute approximate surface area is 126 Å². The zero-order valence-electron chi connectivity index (χ0n) is 14.2. The summed E-state index contributed by atoms with van der Waals surface area (Å²) in [5.41, 5.74) is 0. The average Bonchev–Trinajstić information content (AvgIpc) is 2.11. The number of hydrogen-bond acceptors (Lipinski definition) is 1. The van der Waals surface area contributed by atoms with Gasteiger partial charge in [0.25, 0.3) is 0 Å². The lowest BCUT2D eigenvalue weighted by Gasteiger charge is -2.56. The number of rotatable bonds is 4. The molecule has 0 aromatic heterocycles. The third kappa shape index (κ3) is 3.50. The molecule has 1 N–H and O–H groups in total. The van der Waals surface area contributed by atoms with Crippen LogP contribution in [0, 0.1) is 0 Å². The summed E-state index contributed by atoms with van der Waals surface area (Å²) < 4.78 is 0.678. The molecular formula is C14H34BrNSi2. The van der Waals surface area contributed by atoms with Crippen LogP contribution >= 0.6 is 15.9 Å². The quantitative estimate of drug-likeness (QED) is 0.533. The minimum absolute atomic E-state index is 0.402. The minimum Gasteiger partial charge on any atom is -0.337 e. The molecule has 0 aliphatic heterocycles. The number of hydrogen-bond donors (Lipinski definition) is 1. The zero-order valence-corrected chi connectivity index (χ0v) is 17.7. The lowest BCUT2D eigenvalue weighted by Crippen LogP contribution is -2.68. The fourth-order valence-electron chi connectivity index (χ4n) is 3.15. The van der Waals surface area contributed by atoms with E-state index in [1.807, 2.05) is 0 Å². The fraction of sp³-hybridized carbons (Fsp3) is 1.00. The molecule has 1 atom stereocenters. The predicted molar refractivity (Wildman–Crippen MR) is 94.9 cm³/mol. The van der Waals surface area contributed by atoms with Crippen LogP contribution in [0.5, 0.6) is 0 Å². The molecule has 0 saturated carbocycles. The van der Waals surface area contributed by atoms with E-state index in [9.17, 15) is 0 Å². The van der Waals surface area contributed by atoms with Crippen molar-refractivity contribution in [1.29, 1.82) is 0 Å². The predicted octanol–water partition coefficient (Wildman–Crippen LogP) is 5.32. The summed E-state index contributed by atoms with van der Waals surface area (Å²) in [7, 11) is -2.95. The first kappa shape index (κ1) is 18.9. The normalized spacial score (nSPS) is 16.8. The van der Waals surface area contributed by atoms with Crippen molar-refractivity contribution in [3.05, 3.63) is 0 Å². The first-order valence-electron chi connectivity index (χ1n) is 7.11. The Morgan fingerprint density at radius 3 is 1.50 bits per heavy atom. The van der Waals surface area contributed by atoms with Crippen molar-refractivity contribution in [3.63, 3.8) is 0 Å². The number of nitrogens with one attached hydrogen (secondary N) is 1. The Balaban J connectivity index is 5.65. The zero-order chi connectivity index (χ0) is 15.0. The molecule has 0 aliphatic carbocycles. The van der Waals surface area contributed by atoms with Crippen molar-refractivity contribution in [2.75, 3.05) is 6.54 Å². The van der Waals surface area contributed by atoms with Crippen molar-refractivity contribution in [3.8, 4) is 0 Å². The maximum absolute atomic E-state index is 4.16. The summed E-state index contributed by atoms with van der Waals surface area (Å²) in [6.45, 7) is 25.5. The number of alkyl halides is 1. The van der Waals surface area contributed by atoms with Crippen LogP contribution in [0.25, 0.3) is 0 Å². The summed E-state index contributed by atoms with van der Waals surface area (Å²) in [6.07, 6.45) is 0. The van der Waals surface area contributed by atoms with Gasteiger partial charge in [0.1, 0.15) is 8.24 Å². The number of halogens is 1. The van der Waals surface area contributed by atoms with Crippen LogP contribution in [0.2, 0.25) is 29.7 Å². The SMILES string of the molecule is CCN[Si](C)(C)C(Br)[Si](C)(C(C)(C)C)C(C)(C)C. The van der Waals surface area contributed by atoms with E-state index in [4.69, 9.17) is 0 Å². The summed E-state index contributed by atoms with van der Waals surface area (Å²) >= 11 is 4.16. The Morgan fingerprint density at radius 2 is 1.28 bits per heavy atom. The smallest absolute Gasteiger partial charge is 0.130 e. The molecule has 0 aromatic carbocycles. The van der Waals surface area contributed by atoms with Gasteiger partial charge in [-0.1, -0.05) is 84.0 Å². The van der Waals surface area contributed by atoms with Crippen LogP contribution in [-0.4, -0.2) is 26.9 Å². The van der Waals surface area contributed by atoms with Gasteiger partial charge in [-0.25, -0.2) is 0 Å². The molecule has 110 valence electrons. The fourth-order valence-corrected chi connectivity index (χ4v) is 21.3. The van der Waals surface area contributed by atoms with Gasteiger partial charge in [-0.3, -0.25) is 0 Å². The first-order valence-corrected chi connectivity index (χ1v) is 13.7. The highest BCUT2D eigenvalue weighted by Gasteiger charge is 2.57. The van der Waals surface area contributed by atoms with Crippen LogP contribution in [0.15, 0.2) is 0 Å². The topological polar surface area (TPSA) is 12.0 Å². The molecule has 18 heavy (non-hydrogen) atoms. The van der Waals surface area contributed by atoms with Crippen molar-refractivity contribution in [2.45, 2.75) is 82.3 Å². The van der Waals surface area contributed by atoms with E-state index in [0.717, 1.165) is 6.54 Å².